The average molecular weight is 370 g/mol. The van der Waals surface area contributed by atoms with Crippen LogP contribution in [0, 0.1) is 5.82 Å². The molecular formula is C21H27FN4O. The van der Waals surface area contributed by atoms with Crippen LogP contribution in [-0.2, 0) is 0 Å². The molecule has 27 heavy (non-hydrogen) atoms. The summed E-state index contributed by atoms with van der Waals surface area (Å²) >= 11 is 0. The van der Waals surface area contributed by atoms with E-state index in [2.05, 4.69) is 44.4 Å². The Hall–Kier alpha value is -2.60. The van der Waals surface area contributed by atoms with Gasteiger partial charge in [0.2, 0.25) is 0 Å². The minimum atomic E-state index is -0.953. The van der Waals surface area contributed by atoms with Crippen LogP contribution in [0.5, 0.6) is 0 Å². The lowest BCUT2D eigenvalue weighted by Crippen LogP contribution is -2.52. The maximum absolute atomic E-state index is 13.8. The van der Waals surface area contributed by atoms with Gasteiger partial charge in [0.05, 0.1) is 6.54 Å². The Morgan fingerprint density at radius 3 is 2.41 bits per heavy atom. The van der Waals surface area contributed by atoms with Gasteiger partial charge in [-0.25, -0.2) is 4.39 Å². The van der Waals surface area contributed by atoms with E-state index >= 15 is 0 Å². The number of guanidine groups is 1. The Kier molecular flexibility index (Phi) is 6.65. The lowest BCUT2D eigenvalue weighted by Gasteiger charge is -2.37. The molecule has 0 radical (unpaired) electrons. The number of halogens is 1. The standard InChI is InChI=1S/C21H27FN4O/c1-2-23-21(24-16-20(27)18-10-6-7-11-19(18)22)26-14-12-25(13-15-26)17-8-4-3-5-9-17/h3-11,20,27H,2,12-16H2,1H3,(H,23,24). The van der Waals surface area contributed by atoms with Crippen LogP contribution >= 0.6 is 0 Å². The SMILES string of the molecule is CCNC(=NCC(O)c1ccccc1F)N1CCN(c2ccccc2)CC1. The van der Waals surface area contributed by atoms with Gasteiger partial charge in [0, 0.05) is 44.0 Å². The lowest BCUT2D eigenvalue weighted by atomic mass is 10.1. The van der Waals surface area contributed by atoms with Crippen molar-refractivity contribution < 1.29 is 9.50 Å². The van der Waals surface area contributed by atoms with E-state index in [4.69, 9.17) is 0 Å². The van der Waals surface area contributed by atoms with Crippen LogP contribution in [0.2, 0.25) is 0 Å². The highest BCUT2D eigenvalue weighted by Gasteiger charge is 2.20. The normalized spacial score (nSPS) is 16.3. The fourth-order valence-corrected chi connectivity index (χ4v) is 3.26. The van der Waals surface area contributed by atoms with Crippen molar-refractivity contribution in [3.8, 4) is 0 Å². The molecule has 3 rings (SSSR count). The Morgan fingerprint density at radius 1 is 1.07 bits per heavy atom. The summed E-state index contributed by atoms with van der Waals surface area (Å²) in [6, 6.07) is 16.7. The molecule has 0 aliphatic carbocycles. The molecule has 1 heterocycles. The molecule has 1 aliphatic rings. The number of nitrogens with zero attached hydrogens (tertiary/aromatic N) is 3. The molecule has 2 aromatic carbocycles. The summed E-state index contributed by atoms with van der Waals surface area (Å²) in [5.41, 5.74) is 1.51. The second-order valence-corrected chi connectivity index (χ2v) is 6.54. The first-order chi connectivity index (χ1) is 13.2. The van der Waals surface area contributed by atoms with Crippen LogP contribution in [0.1, 0.15) is 18.6 Å². The summed E-state index contributed by atoms with van der Waals surface area (Å²) in [6.07, 6.45) is -0.953. The van der Waals surface area contributed by atoms with Crippen LogP contribution < -0.4 is 10.2 Å². The van der Waals surface area contributed by atoms with Crippen molar-refractivity contribution in [1.82, 2.24) is 10.2 Å². The van der Waals surface area contributed by atoms with Crippen molar-refractivity contribution in [3.63, 3.8) is 0 Å². The molecule has 5 nitrogen and oxygen atoms in total. The van der Waals surface area contributed by atoms with Crippen molar-refractivity contribution in [2.24, 2.45) is 4.99 Å². The van der Waals surface area contributed by atoms with Gasteiger partial charge in [0.25, 0.3) is 0 Å². The molecule has 0 aromatic heterocycles. The minimum Gasteiger partial charge on any atom is -0.386 e. The fraction of sp³-hybridized carbons (Fsp3) is 0.381. The number of aliphatic hydroxyl groups excluding tert-OH is 1. The van der Waals surface area contributed by atoms with E-state index < -0.39 is 11.9 Å². The van der Waals surface area contributed by atoms with Crippen LogP contribution in [0.25, 0.3) is 0 Å². The molecule has 0 spiro atoms. The second kappa shape index (κ2) is 9.37. The minimum absolute atomic E-state index is 0.127. The molecule has 1 unspecified atom stereocenters. The summed E-state index contributed by atoms with van der Waals surface area (Å²) in [4.78, 5) is 9.10. The molecule has 6 heteroatoms. The number of piperazine rings is 1. The number of aliphatic hydroxyl groups is 1. The van der Waals surface area contributed by atoms with Crippen LogP contribution in [-0.4, -0.2) is 55.2 Å². The number of hydrogen-bond donors (Lipinski definition) is 2. The molecule has 0 bridgehead atoms. The second-order valence-electron chi connectivity index (χ2n) is 6.54. The van der Waals surface area contributed by atoms with E-state index in [-0.39, 0.29) is 12.1 Å². The highest BCUT2D eigenvalue weighted by atomic mass is 19.1. The highest BCUT2D eigenvalue weighted by Crippen LogP contribution is 2.18. The largest absolute Gasteiger partial charge is 0.386 e. The van der Waals surface area contributed by atoms with Crippen LogP contribution in [0.4, 0.5) is 10.1 Å². The topological polar surface area (TPSA) is 51.1 Å². The highest BCUT2D eigenvalue weighted by molar-refractivity contribution is 5.80. The van der Waals surface area contributed by atoms with Crippen LogP contribution in [0.3, 0.4) is 0 Å². The number of para-hydroxylation sites is 1. The average Bonchev–Trinajstić information content (AvgIpc) is 2.72. The van der Waals surface area contributed by atoms with Gasteiger partial charge >= 0.3 is 0 Å². The van der Waals surface area contributed by atoms with E-state index in [0.717, 1.165) is 38.7 Å². The van der Waals surface area contributed by atoms with E-state index in [1.807, 2.05) is 13.0 Å². The van der Waals surface area contributed by atoms with E-state index in [1.54, 1.807) is 18.2 Å². The third-order valence-corrected chi connectivity index (χ3v) is 4.71. The molecule has 0 saturated carbocycles. The van der Waals surface area contributed by atoms with Crippen molar-refractivity contribution in [3.05, 3.63) is 66.0 Å². The smallest absolute Gasteiger partial charge is 0.194 e. The van der Waals surface area contributed by atoms with Gasteiger partial charge in [-0.15, -0.1) is 0 Å². The Morgan fingerprint density at radius 2 is 1.74 bits per heavy atom. The zero-order valence-corrected chi connectivity index (χ0v) is 15.7. The lowest BCUT2D eigenvalue weighted by molar-refractivity contribution is 0.181. The van der Waals surface area contributed by atoms with Gasteiger partial charge in [0.1, 0.15) is 11.9 Å². The zero-order chi connectivity index (χ0) is 19.1. The Balaban J connectivity index is 1.62. The van der Waals surface area contributed by atoms with Crippen LogP contribution in [0.15, 0.2) is 59.6 Å². The number of hydrogen-bond acceptors (Lipinski definition) is 3. The number of aliphatic imine (C=N–C) groups is 1. The number of benzene rings is 2. The van der Waals surface area contributed by atoms with Gasteiger partial charge < -0.3 is 20.2 Å². The summed E-state index contributed by atoms with van der Waals surface area (Å²) in [7, 11) is 0. The van der Waals surface area contributed by atoms with Gasteiger partial charge in [-0.3, -0.25) is 4.99 Å². The molecule has 1 fully saturated rings. The van der Waals surface area contributed by atoms with Crippen molar-refractivity contribution in [2.75, 3.05) is 44.2 Å². The van der Waals surface area contributed by atoms with E-state index in [1.165, 1.54) is 11.8 Å². The van der Waals surface area contributed by atoms with E-state index in [0.29, 0.717) is 0 Å². The molecule has 144 valence electrons. The maximum atomic E-state index is 13.8. The first-order valence-corrected chi connectivity index (χ1v) is 9.44. The third kappa shape index (κ3) is 4.98. The van der Waals surface area contributed by atoms with Gasteiger partial charge in [0.15, 0.2) is 5.96 Å². The summed E-state index contributed by atoms with van der Waals surface area (Å²) in [6.45, 7) is 6.39. The maximum Gasteiger partial charge on any atom is 0.194 e. The van der Waals surface area contributed by atoms with Crippen molar-refractivity contribution in [1.29, 1.82) is 0 Å². The molecule has 2 aromatic rings. The molecule has 1 atom stereocenters. The van der Waals surface area contributed by atoms with Crippen molar-refractivity contribution >= 4 is 11.6 Å². The zero-order valence-electron chi connectivity index (χ0n) is 15.7. The number of anilines is 1. The summed E-state index contributed by atoms with van der Waals surface area (Å²) in [5.74, 6) is 0.363. The first-order valence-electron chi connectivity index (χ1n) is 9.44. The Labute approximate surface area is 160 Å². The summed E-state index contributed by atoms with van der Waals surface area (Å²) < 4.78 is 13.8. The molecule has 2 N–H and O–H groups in total. The van der Waals surface area contributed by atoms with Crippen molar-refractivity contribution in [2.45, 2.75) is 13.0 Å². The van der Waals surface area contributed by atoms with E-state index in [9.17, 15) is 9.50 Å². The molecule has 0 amide bonds. The monoisotopic (exact) mass is 370 g/mol. The molecular weight excluding hydrogens is 343 g/mol. The fourth-order valence-electron chi connectivity index (χ4n) is 3.26. The molecule has 1 aliphatic heterocycles. The molecule has 1 saturated heterocycles. The van der Waals surface area contributed by atoms with Gasteiger partial charge in [-0.1, -0.05) is 36.4 Å². The quantitative estimate of drug-likeness (QED) is 0.628. The predicted molar refractivity (Wildman–Crippen MR) is 108 cm³/mol. The van der Waals surface area contributed by atoms with Gasteiger partial charge in [-0.05, 0) is 25.1 Å². The Bertz CT molecular complexity index is 745. The van der Waals surface area contributed by atoms with Gasteiger partial charge in [-0.2, -0.15) is 0 Å². The number of rotatable bonds is 5. The third-order valence-electron chi connectivity index (χ3n) is 4.71. The summed E-state index contributed by atoms with van der Waals surface area (Å²) in [5, 5.41) is 13.6. The predicted octanol–water partition coefficient (Wildman–Crippen LogP) is 2.65. The number of nitrogens with one attached hydrogen (secondary N) is 1. The first kappa shape index (κ1) is 19.2.